The van der Waals surface area contributed by atoms with E-state index in [9.17, 15) is 4.79 Å². The molecule has 4 heteroatoms. The maximum absolute atomic E-state index is 9.94. The molecule has 54 valence electrons. The maximum Gasteiger partial charge on any atom is 0.302 e. The van der Waals surface area contributed by atoms with Crippen LogP contribution in [0.15, 0.2) is 0 Å². The van der Waals surface area contributed by atoms with Crippen molar-refractivity contribution in [1.29, 1.82) is 0 Å². The maximum atomic E-state index is 9.94. The normalized spacial score (nSPS) is 11.4. The van der Waals surface area contributed by atoms with E-state index in [1.165, 1.54) is 0 Å². The highest BCUT2D eigenvalue weighted by Gasteiger charge is 1.98. The molecule has 0 unspecified atom stereocenters. The number of carbonyl (C=O) groups is 1. The predicted molar refractivity (Wildman–Crippen MR) is 37.2 cm³/mol. The van der Waals surface area contributed by atoms with Gasteiger partial charge in [0.1, 0.15) is 0 Å². The molecule has 0 amide bonds. The molecular weight excluding hydrogens is 136 g/mol. The van der Waals surface area contributed by atoms with E-state index in [1.54, 1.807) is 0 Å². The Morgan fingerprint density at radius 3 is 2.67 bits per heavy atom. The van der Waals surface area contributed by atoms with Crippen molar-refractivity contribution in [3.8, 4) is 0 Å². The first-order chi connectivity index (χ1) is 4.13. The molecule has 0 heterocycles. The zero-order chi connectivity index (χ0) is 7.28. The van der Waals surface area contributed by atoms with Gasteiger partial charge in [0.05, 0.1) is 6.04 Å². The van der Waals surface area contributed by atoms with Gasteiger partial charge >= 0.3 is 5.97 Å². The van der Waals surface area contributed by atoms with Crippen molar-refractivity contribution in [2.45, 2.75) is 26.0 Å². The molecule has 9 heavy (non-hydrogen) atoms. The van der Waals surface area contributed by atoms with Gasteiger partial charge in [0.25, 0.3) is 0 Å². The third kappa shape index (κ3) is 7.65. The fourth-order valence-corrected chi connectivity index (χ4v) is 1.15. The molecular formula is C5H12O3Si. The van der Waals surface area contributed by atoms with E-state index in [2.05, 4.69) is 0 Å². The summed E-state index contributed by atoms with van der Waals surface area (Å²) in [6.45, 7) is 3.82. The molecule has 0 aliphatic rings. The highest BCUT2D eigenvalue weighted by Crippen LogP contribution is 1.87. The first-order valence-electron chi connectivity index (χ1n) is 2.96. The molecule has 0 saturated carbocycles. The van der Waals surface area contributed by atoms with Crippen molar-refractivity contribution in [2.75, 3.05) is 0 Å². The standard InChI is InChI=1S/C5H12O3Si/c1-4(2)8-9-3-5(6)7/h4H,3,9H2,1-2H3,(H,6,7). The van der Waals surface area contributed by atoms with Crippen LogP contribution in [0.1, 0.15) is 13.8 Å². The van der Waals surface area contributed by atoms with Gasteiger partial charge in [-0.1, -0.05) is 0 Å². The second-order valence-electron chi connectivity index (χ2n) is 2.06. The molecule has 0 aliphatic heterocycles. The molecule has 0 aliphatic carbocycles. The van der Waals surface area contributed by atoms with E-state index in [0.717, 1.165) is 0 Å². The molecule has 1 N–H and O–H groups in total. The summed E-state index contributed by atoms with van der Waals surface area (Å²) in [5.41, 5.74) is 0. The Hall–Kier alpha value is -0.353. The van der Waals surface area contributed by atoms with Crippen LogP contribution in [-0.4, -0.2) is 26.9 Å². The summed E-state index contributed by atoms with van der Waals surface area (Å²) in [5, 5.41) is 8.18. The van der Waals surface area contributed by atoms with Crippen LogP contribution in [0.3, 0.4) is 0 Å². The minimum atomic E-state index is -0.783. The summed E-state index contributed by atoms with van der Waals surface area (Å²) in [6, 6.07) is 0.234. The van der Waals surface area contributed by atoms with Gasteiger partial charge in [0.2, 0.25) is 0 Å². The Morgan fingerprint density at radius 1 is 1.78 bits per heavy atom. The molecule has 0 aromatic heterocycles. The van der Waals surface area contributed by atoms with Crippen molar-refractivity contribution in [1.82, 2.24) is 0 Å². The van der Waals surface area contributed by atoms with Crippen molar-refractivity contribution in [3.05, 3.63) is 0 Å². The second kappa shape index (κ2) is 4.52. The summed E-state index contributed by atoms with van der Waals surface area (Å²) in [4.78, 5) is 9.94. The fraction of sp³-hybridized carbons (Fsp3) is 0.800. The molecule has 0 bridgehead atoms. The minimum absolute atomic E-state index is 0.191. The van der Waals surface area contributed by atoms with Crippen LogP contribution in [0.2, 0.25) is 6.04 Å². The number of hydrogen-bond donors (Lipinski definition) is 1. The zero-order valence-corrected chi connectivity index (χ0v) is 7.17. The first-order valence-corrected chi connectivity index (χ1v) is 4.54. The average Bonchev–Trinajstić information content (AvgIpc) is 1.63. The third-order valence-corrected chi connectivity index (χ3v) is 2.30. The lowest BCUT2D eigenvalue weighted by molar-refractivity contribution is -0.134. The minimum Gasteiger partial charge on any atom is -0.481 e. The molecule has 3 nitrogen and oxygen atoms in total. The highest BCUT2D eigenvalue weighted by atomic mass is 28.2. The van der Waals surface area contributed by atoms with Crippen LogP contribution in [0.25, 0.3) is 0 Å². The van der Waals surface area contributed by atoms with E-state index in [-0.39, 0.29) is 12.1 Å². The third-order valence-electron chi connectivity index (χ3n) is 0.767. The van der Waals surface area contributed by atoms with Gasteiger partial charge in [-0.05, 0) is 13.8 Å². The number of hydrogen-bond acceptors (Lipinski definition) is 2. The van der Waals surface area contributed by atoms with Crippen molar-refractivity contribution < 1.29 is 14.3 Å². The van der Waals surface area contributed by atoms with Gasteiger partial charge in [-0.2, -0.15) is 0 Å². The van der Waals surface area contributed by atoms with Gasteiger partial charge in [0, 0.05) is 6.10 Å². The van der Waals surface area contributed by atoms with E-state index in [1.807, 2.05) is 13.8 Å². The molecule has 0 radical (unpaired) electrons. The van der Waals surface area contributed by atoms with Crippen molar-refractivity contribution >= 4 is 15.7 Å². The zero-order valence-electron chi connectivity index (χ0n) is 5.76. The van der Waals surface area contributed by atoms with Crippen LogP contribution in [0, 0.1) is 0 Å². The average molecular weight is 148 g/mol. The second-order valence-corrected chi connectivity index (χ2v) is 3.30. The summed E-state index contributed by atoms with van der Waals surface area (Å²) in [6.07, 6.45) is 0.191. The topological polar surface area (TPSA) is 46.5 Å². The summed E-state index contributed by atoms with van der Waals surface area (Å²) >= 11 is 0. The summed E-state index contributed by atoms with van der Waals surface area (Å²) in [5.74, 6) is -0.748. The fourth-order valence-electron chi connectivity index (χ4n) is 0.382. The Labute approximate surface area is 57.0 Å². The quantitative estimate of drug-likeness (QED) is 0.571. The van der Waals surface area contributed by atoms with Crippen molar-refractivity contribution in [2.24, 2.45) is 0 Å². The van der Waals surface area contributed by atoms with Gasteiger partial charge in [0.15, 0.2) is 9.76 Å². The van der Waals surface area contributed by atoms with E-state index in [0.29, 0.717) is 0 Å². The lowest BCUT2D eigenvalue weighted by Crippen LogP contribution is -2.10. The van der Waals surface area contributed by atoms with Crippen LogP contribution < -0.4 is 0 Å². The highest BCUT2D eigenvalue weighted by molar-refractivity contribution is 6.33. The van der Waals surface area contributed by atoms with E-state index >= 15 is 0 Å². The van der Waals surface area contributed by atoms with Gasteiger partial charge < -0.3 is 9.53 Å². The monoisotopic (exact) mass is 148 g/mol. The van der Waals surface area contributed by atoms with Gasteiger partial charge in [-0.25, -0.2) is 0 Å². The SMILES string of the molecule is CC(C)O[SiH2]CC(=O)O. The van der Waals surface area contributed by atoms with E-state index in [4.69, 9.17) is 9.53 Å². The molecule has 0 fully saturated rings. The molecule has 0 spiro atoms. The van der Waals surface area contributed by atoms with E-state index < -0.39 is 15.7 Å². The Bertz CT molecular complexity index is 92.2. The van der Waals surface area contributed by atoms with Crippen LogP contribution in [0.5, 0.6) is 0 Å². The smallest absolute Gasteiger partial charge is 0.302 e. The lowest BCUT2D eigenvalue weighted by Gasteiger charge is -2.03. The van der Waals surface area contributed by atoms with Crippen LogP contribution in [0.4, 0.5) is 0 Å². The molecule has 0 rings (SSSR count). The number of aliphatic carboxylic acids is 1. The number of rotatable bonds is 4. The summed E-state index contributed by atoms with van der Waals surface area (Å²) in [7, 11) is -0.783. The number of carboxylic acids is 1. The Kier molecular flexibility index (Phi) is 4.34. The largest absolute Gasteiger partial charge is 0.481 e. The van der Waals surface area contributed by atoms with Gasteiger partial charge in [-0.3, -0.25) is 4.79 Å². The first kappa shape index (κ1) is 8.65. The number of carboxylic acid groups (broad SMARTS) is 1. The molecule has 0 aromatic rings. The van der Waals surface area contributed by atoms with Crippen molar-refractivity contribution in [3.63, 3.8) is 0 Å². The molecule has 0 atom stereocenters. The van der Waals surface area contributed by atoms with Gasteiger partial charge in [-0.15, -0.1) is 0 Å². The molecule has 0 aromatic carbocycles. The Morgan fingerprint density at radius 2 is 2.33 bits per heavy atom. The molecule has 0 saturated heterocycles. The Balaban J connectivity index is 3.01. The summed E-state index contributed by atoms with van der Waals surface area (Å²) < 4.78 is 5.11. The van der Waals surface area contributed by atoms with Crippen LogP contribution in [-0.2, 0) is 9.22 Å². The predicted octanol–water partition coefficient (Wildman–Crippen LogP) is -0.00190. The van der Waals surface area contributed by atoms with Crippen LogP contribution >= 0.6 is 0 Å². The lowest BCUT2D eigenvalue weighted by atomic mass is 10.5.